The number of anilines is 1. The molecule has 0 saturated carbocycles. The lowest BCUT2D eigenvalue weighted by atomic mass is 10.1. The van der Waals surface area contributed by atoms with Gasteiger partial charge in [0.05, 0.1) is 11.4 Å². The standard InChI is InChI=1S/C20H22N6O/c27-19(4-3-15-5-10-21-11-6-15)24-16-8-13-26(14-16)20-23-12-7-18(25-20)17-2-1-9-22-17/h1-2,5-7,9-12,16,22H,3-4,8,13-14H2,(H,24,27). The summed E-state index contributed by atoms with van der Waals surface area (Å²) in [5.41, 5.74) is 2.97. The average molecular weight is 362 g/mol. The maximum atomic E-state index is 12.2. The van der Waals surface area contributed by atoms with E-state index in [1.54, 1.807) is 18.6 Å². The van der Waals surface area contributed by atoms with Crippen molar-refractivity contribution in [1.82, 2.24) is 25.3 Å². The molecule has 1 fully saturated rings. The van der Waals surface area contributed by atoms with Gasteiger partial charge in [0.1, 0.15) is 0 Å². The Labute approximate surface area is 157 Å². The van der Waals surface area contributed by atoms with Gasteiger partial charge in [-0.2, -0.15) is 0 Å². The highest BCUT2D eigenvalue weighted by molar-refractivity contribution is 5.76. The smallest absolute Gasteiger partial charge is 0.225 e. The van der Waals surface area contributed by atoms with Crippen LogP contribution in [0.3, 0.4) is 0 Å². The zero-order chi connectivity index (χ0) is 18.5. The van der Waals surface area contributed by atoms with E-state index in [0.29, 0.717) is 12.4 Å². The van der Waals surface area contributed by atoms with Gasteiger partial charge in [-0.1, -0.05) is 0 Å². The summed E-state index contributed by atoms with van der Waals surface area (Å²) in [5, 5.41) is 3.13. The van der Waals surface area contributed by atoms with Crippen LogP contribution in [0.25, 0.3) is 11.4 Å². The normalized spacial score (nSPS) is 16.4. The third-order valence-electron chi connectivity index (χ3n) is 4.74. The van der Waals surface area contributed by atoms with Gasteiger partial charge in [0, 0.05) is 50.3 Å². The van der Waals surface area contributed by atoms with Gasteiger partial charge in [0.15, 0.2) is 0 Å². The highest BCUT2D eigenvalue weighted by Crippen LogP contribution is 2.20. The molecule has 1 aliphatic heterocycles. The lowest BCUT2D eigenvalue weighted by Crippen LogP contribution is -2.37. The number of hydrogen-bond donors (Lipinski definition) is 2. The van der Waals surface area contributed by atoms with Crippen molar-refractivity contribution < 1.29 is 4.79 Å². The second-order valence-electron chi connectivity index (χ2n) is 6.68. The van der Waals surface area contributed by atoms with Gasteiger partial charge in [0.2, 0.25) is 11.9 Å². The Morgan fingerprint density at radius 1 is 1.22 bits per heavy atom. The SMILES string of the molecule is O=C(CCc1ccncc1)NC1CCN(c2nccc(-c3ccc[nH]3)n2)C1. The fourth-order valence-electron chi connectivity index (χ4n) is 3.31. The topological polar surface area (TPSA) is 86.8 Å². The molecule has 1 atom stereocenters. The molecule has 2 N–H and O–H groups in total. The second kappa shape index (κ2) is 7.99. The Morgan fingerprint density at radius 3 is 2.93 bits per heavy atom. The van der Waals surface area contributed by atoms with Crippen molar-refractivity contribution in [2.75, 3.05) is 18.0 Å². The molecule has 27 heavy (non-hydrogen) atoms. The quantitative estimate of drug-likeness (QED) is 0.702. The second-order valence-corrected chi connectivity index (χ2v) is 6.68. The number of amides is 1. The number of aryl methyl sites for hydroxylation is 1. The Balaban J connectivity index is 1.31. The van der Waals surface area contributed by atoms with Gasteiger partial charge in [-0.3, -0.25) is 9.78 Å². The summed E-state index contributed by atoms with van der Waals surface area (Å²) in [6, 6.07) is 9.85. The van der Waals surface area contributed by atoms with Crippen LogP contribution in [-0.4, -0.2) is 45.0 Å². The summed E-state index contributed by atoms with van der Waals surface area (Å²) in [7, 11) is 0. The minimum absolute atomic E-state index is 0.0831. The fourth-order valence-corrected chi connectivity index (χ4v) is 3.31. The summed E-state index contributed by atoms with van der Waals surface area (Å²) in [6.07, 6.45) is 9.28. The Hall–Kier alpha value is -3.22. The third kappa shape index (κ3) is 4.31. The highest BCUT2D eigenvalue weighted by atomic mass is 16.1. The maximum absolute atomic E-state index is 12.2. The molecule has 1 saturated heterocycles. The summed E-state index contributed by atoms with van der Waals surface area (Å²) in [4.78, 5) is 30.6. The zero-order valence-electron chi connectivity index (χ0n) is 15.0. The molecule has 7 nitrogen and oxygen atoms in total. The minimum Gasteiger partial charge on any atom is -0.360 e. The van der Waals surface area contributed by atoms with Crippen LogP contribution in [-0.2, 0) is 11.2 Å². The number of nitrogens with zero attached hydrogens (tertiary/aromatic N) is 4. The van der Waals surface area contributed by atoms with E-state index in [9.17, 15) is 4.79 Å². The van der Waals surface area contributed by atoms with Crippen LogP contribution < -0.4 is 10.2 Å². The molecule has 4 rings (SSSR count). The summed E-state index contributed by atoms with van der Waals surface area (Å²) < 4.78 is 0. The highest BCUT2D eigenvalue weighted by Gasteiger charge is 2.25. The van der Waals surface area contributed by atoms with Crippen molar-refractivity contribution in [2.24, 2.45) is 0 Å². The van der Waals surface area contributed by atoms with Crippen LogP contribution in [0.1, 0.15) is 18.4 Å². The molecule has 3 aromatic heterocycles. The molecule has 3 aromatic rings. The van der Waals surface area contributed by atoms with E-state index < -0.39 is 0 Å². The van der Waals surface area contributed by atoms with Gasteiger partial charge >= 0.3 is 0 Å². The van der Waals surface area contributed by atoms with E-state index in [4.69, 9.17) is 0 Å². The van der Waals surface area contributed by atoms with Crippen molar-refractivity contribution in [3.8, 4) is 11.4 Å². The van der Waals surface area contributed by atoms with E-state index in [0.717, 1.165) is 42.9 Å². The first-order chi connectivity index (χ1) is 13.3. The number of aromatic amines is 1. The molecule has 1 aliphatic rings. The molecular weight excluding hydrogens is 340 g/mol. The molecule has 0 spiro atoms. The van der Waals surface area contributed by atoms with Crippen molar-refractivity contribution in [1.29, 1.82) is 0 Å². The average Bonchev–Trinajstić information content (AvgIpc) is 3.40. The Morgan fingerprint density at radius 2 is 2.11 bits per heavy atom. The van der Waals surface area contributed by atoms with E-state index in [2.05, 4.69) is 30.2 Å². The van der Waals surface area contributed by atoms with Crippen LogP contribution >= 0.6 is 0 Å². The predicted molar refractivity (Wildman–Crippen MR) is 103 cm³/mol. The van der Waals surface area contributed by atoms with Crippen molar-refractivity contribution >= 4 is 11.9 Å². The van der Waals surface area contributed by atoms with Crippen molar-refractivity contribution in [3.05, 3.63) is 60.7 Å². The first-order valence-corrected chi connectivity index (χ1v) is 9.18. The number of aromatic nitrogens is 4. The van der Waals surface area contributed by atoms with E-state index in [1.165, 1.54) is 0 Å². The number of H-pyrrole nitrogens is 1. The monoisotopic (exact) mass is 362 g/mol. The molecule has 138 valence electrons. The van der Waals surface area contributed by atoms with Gasteiger partial charge in [-0.05, 0) is 48.7 Å². The zero-order valence-corrected chi connectivity index (χ0v) is 15.0. The van der Waals surface area contributed by atoms with Gasteiger partial charge in [-0.15, -0.1) is 0 Å². The lowest BCUT2D eigenvalue weighted by molar-refractivity contribution is -0.121. The Kier molecular flexibility index (Phi) is 5.09. The molecular formula is C20H22N6O. The number of carbonyl (C=O) groups is 1. The number of hydrogen-bond acceptors (Lipinski definition) is 5. The summed E-state index contributed by atoms with van der Waals surface area (Å²) in [6.45, 7) is 1.57. The van der Waals surface area contributed by atoms with Crippen LogP contribution in [0.4, 0.5) is 5.95 Å². The largest absolute Gasteiger partial charge is 0.360 e. The van der Waals surface area contributed by atoms with Gasteiger partial charge in [-0.25, -0.2) is 9.97 Å². The summed E-state index contributed by atoms with van der Waals surface area (Å²) in [5.74, 6) is 0.787. The van der Waals surface area contributed by atoms with Gasteiger partial charge < -0.3 is 15.2 Å². The molecule has 1 unspecified atom stereocenters. The van der Waals surface area contributed by atoms with Crippen LogP contribution in [0.15, 0.2) is 55.1 Å². The molecule has 1 amide bonds. The van der Waals surface area contributed by atoms with E-state index >= 15 is 0 Å². The van der Waals surface area contributed by atoms with Crippen LogP contribution in [0, 0.1) is 0 Å². The minimum atomic E-state index is 0.0831. The molecule has 0 bridgehead atoms. The maximum Gasteiger partial charge on any atom is 0.225 e. The molecule has 0 radical (unpaired) electrons. The Bertz CT molecular complexity index is 881. The van der Waals surface area contributed by atoms with Crippen LogP contribution in [0.5, 0.6) is 0 Å². The van der Waals surface area contributed by atoms with Crippen molar-refractivity contribution in [3.63, 3.8) is 0 Å². The predicted octanol–water partition coefficient (Wildman–Crippen LogP) is 2.19. The van der Waals surface area contributed by atoms with Crippen molar-refractivity contribution in [2.45, 2.75) is 25.3 Å². The van der Waals surface area contributed by atoms with Crippen LogP contribution in [0.2, 0.25) is 0 Å². The molecule has 4 heterocycles. The number of nitrogens with one attached hydrogen (secondary N) is 2. The lowest BCUT2D eigenvalue weighted by Gasteiger charge is -2.17. The summed E-state index contributed by atoms with van der Waals surface area (Å²) >= 11 is 0. The molecule has 0 aliphatic carbocycles. The third-order valence-corrected chi connectivity index (χ3v) is 4.74. The fraction of sp³-hybridized carbons (Fsp3) is 0.300. The van der Waals surface area contributed by atoms with E-state index in [1.807, 2.05) is 36.5 Å². The number of pyridine rings is 1. The first kappa shape index (κ1) is 17.2. The van der Waals surface area contributed by atoms with Gasteiger partial charge in [0.25, 0.3) is 0 Å². The van der Waals surface area contributed by atoms with E-state index in [-0.39, 0.29) is 11.9 Å². The number of carbonyl (C=O) groups excluding carboxylic acids is 1. The first-order valence-electron chi connectivity index (χ1n) is 9.18. The molecule has 0 aromatic carbocycles. The molecule has 7 heteroatoms. The number of rotatable bonds is 6.